The number of nitro benzene ring substituents is 1. The van der Waals surface area contributed by atoms with Gasteiger partial charge in [0.15, 0.2) is 0 Å². The molecule has 218 valence electrons. The highest BCUT2D eigenvalue weighted by atomic mass is 16.6. The molecule has 0 saturated carbocycles. The van der Waals surface area contributed by atoms with Gasteiger partial charge in [-0.15, -0.1) is 0 Å². The Balaban J connectivity index is 1.50. The second-order valence-corrected chi connectivity index (χ2v) is 10.2. The zero-order chi connectivity index (χ0) is 30.7. The molecule has 12 heteroatoms. The van der Waals surface area contributed by atoms with Crippen LogP contribution in [0.4, 0.5) is 21.9 Å². The quantitative estimate of drug-likeness (QED) is 0.0864. The van der Waals surface area contributed by atoms with Crippen LogP contribution in [0.25, 0.3) is 6.08 Å². The lowest BCUT2D eigenvalue weighted by molar-refractivity contribution is -0.384. The van der Waals surface area contributed by atoms with Crippen molar-refractivity contribution in [2.45, 2.75) is 25.7 Å². The smallest absolute Gasteiger partial charge is 0.328 e. The van der Waals surface area contributed by atoms with Gasteiger partial charge in [-0.05, 0) is 53.8 Å². The fourth-order valence-electron chi connectivity index (χ4n) is 4.94. The Kier molecular flexibility index (Phi) is 8.10. The number of benzene rings is 3. The Morgan fingerprint density at radius 1 is 1.05 bits per heavy atom. The Hall–Kier alpha value is -5.65. The van der Waals surface area contributed by atoms with Crippen LogP contribution in [0, 0.1) is 10.1 Å². The summed E-state index contributed by atoms with van der Waals surface area (Å²) in [4.78, 5) is 65.3. The number of aliphatic imine (C=N–C) groups is 1. The maximum Gasteiger partial charge on any atom is 0.328 e. The Morgan fingerprint density at radius 3 is 2.40 bits per heavy atom. The van der Waals surface area contributed by atoms with E-state index in [0.29, 0.717) is 40.3 Å². The largest absolute Gasteiger partial charge is 0.356 e. The Morgan fingerprint density at radius 2 is 1.77 bits per heavy atom. The average molecular weight is 581 g/mol. The van der Waals surface area contributed by atoms with E-state index in [0.717, 1.165) is 18.4 Å². The van der Waals surface area contributed by atoms with Crippen molar-refractivity contribution in [3.05, 3.63) is 105 Å². The van der Waals surface area contributed by atoms with E-state index < -0.39 is 22.8 Å². The monoisotopic (exact) mass is 580 g/mol. The molecule has 3 aromatic rings. The van der Waals surface area contributed by atoms with Gasteiger partial charge in [0.1, 0.15) is 11.6 Å². The molecular formula is C31H28N6O6. The van der Waals surface area contributed by atoms with Gasteiger partial charge < -0.3 is 10.6 Å². The van der Waals surface area contributed by atoms with Crippen molar-refractivity contribution in [1.29, 1.82) is 0 Å². The topological polar surface area (TPSA) is 163 Å². The summed E-state index contributed by atoms with van der Waals surface area (Å²) in [5.41, 5.74) is 4.31. The molecule has 2 aliphatic heterocycles. The summed E-state index contributed by atoms with van der Waals surface area (Å²) < 4.78 is 0. The van der Waals surface area contributed by atoms with E-state index in [-0.39, 0.29) is 23.2 Å². The second-order valence-electron chi connectivity index (χ2n) is 10.2. The molecule has 3 aromatic carbocycles. The minimum absolute atomic E-state index is 0.0808. The van der Waals surface area contributed by atoms with Gasteiger partial charge in [0, 0.05) is 43.9 Å². The first-order chi connectivity index (χ1) is 20.6. The van der Waals surface area contributed by atoms with E-state index in [4.69, 9.17) is 4.99 Å². The zero-order valence-corrected chi connectivity index (χ0v) is 23.4. The number of nitrogens with one attached hydrogen (secondary N) is 3. The minimum atomic E-state index is -0.899. The molecule has 5 rings (SSSR count). The normalized spacial score (nSPS) is 17.1. The van der Waals surface area contributed by atoms with Crippen molar-refractivity contribution >= 4 is 52.6 Å². The molecule has 1 saturated heterocycles. The van der Waals surface area contributed by atoms with Crippen LogP contribution in [0.15, 0.2) is 77.4 Å². The lowest BCUT2D eigenvalue weighted by Crippen LogP contribution is -2.24. The van der Waals surface area contributed by atoms with Crippen molar-refractivity contribution in [1.82, 2.24) is 15.5 Å². The van der Waals surface area contributed by atoms with Crippen LogP contribution in [0.3, 0.4) is 0 Å². The maximum absolute atomic E-state index is 13.3. The average Bonchev–Trinajstić information content (AvgIpc) is 3.43. The van der Waals surface area contributed by atoms with Crippen LogP contribution in [-0.4, -0.2) is 52.9 Å². The van der Waals surface area contributed by atoms with Crippen LogP contribution in [0.2, 0.25) is 0 Å². The highest BCUT2D eigenvalue weighted by Gasteiger charge is 2.37. The van der Waals surface area contributed by atoms with Crippen molar-refractivity contribution in [2.24, 2.45) is 4.99 Å². The number of urea groups is 1. The van der Waals surface area contributed by atoms with E-state index >= 15 is 0 Å². The van der Waals surface area contributed by atoms with E-state index in [1.54, 1.807) is 30.3 Å². The van der Waals surface area contributed by atoms with E-state index in [1.807, 2.05) is 24.3 Å². The molecule has 3 N–H and O–H groups in total. The van der Waals surface area contributed by atoms with Gasteiger partial charge in [0.2, 0.25) is 11.8 Å². The second kappa shape index (κ2) is 12.1. The lowest BCUT2D eigenvalue weighted by atomic mass is 9.89. The third-order valence-electron chi connectivity index (χ3n) is 7.18. The molecule has 0 radical (unpaired) electrons. The first kappa shape index (κ1) is 28.9. The fourth-order valence-corrected chi connectivity index (χ4v) is 4.94. The summed E-state index contributed by atoms with van der Waals surface area (Å²) in [5.74, 6) is -1.82. The molecule has 2 aliphatic rings. The van der Waals surface area contributed by atoms with Gasteiger partial charge in [0.25, 0.3) is 11.6 Å². The van der Waals surface area contributed by atoms with Crippen molar-refractivity contribution in [3.8, 4) is 0 Å². The molecule has 43 heavy (non-hydrogen) atoms. The predicted octanol–water partition coefficient (Wildman–Crippen LogP) is 4.04. The number of carbonyl (C=O) groups excluding carboxylic acids is 4. The number of nitrogens with zero attached hydrogens (tertiary/aromatic N) is 3. The Bertz CT molecular complexity index is 1690. The molecule has 2 heterocycles. The van der Waals surface area contributed by atoms with Gasteiger partial charge in [-0.3, -0.25) is 39.7 Å². The molecule has 0 bridgehead atoms. The molecule has 1 fully saturated rings. The number of non-ortho nitro benzene ring substituents is 1. The Labute approximate surface area is 246 Å². The summed E-state index contributed by atoms with van der Waals surface area (Å²) in [5, 5.41) is 19.3. The number of imide groups is 1. The number of likely N-dealkylation sites (N-methyl/N-ethyl adjacent to an activating group) is 1. The molecule has 1 unspecified atom stereocenters. The van der Waals surface area contributed by atoms with E-state index in [1.165, 1.54) is 37.1 Å². The molecule has 12 nitrogen and oxygen atoms in total. The van der Waals surface area contributed by atoms with Crippen LogP contribution in [0.5, 0.6) is 0 Å². The van der Waals surface area contributed by atoms with Crippen LogP contribution < -0.4 is 16.0 Å². The number of rotatable bonds is 9. The third-order valence-corrected chi connectivity index (χ3v) is 7.18. The van der Waals surface area contributed by atoms with E-state index in [2.05, 4.69) is 16.0 Å². The fraction of sp³-hybridized carbons (Fsp3) is 0.194. The molecular weight excluding hydrogens is 552 g/mol. The first-order valence-corrected chi connectivity index (χ1v) is 13.5. The summed E-state index contributed by atoms with van der Waals surface area (Å²) in [6, 6.07) is 18.2. The zero-order valence-electron chi connectivity index (χ0n) is 23.4. The van der Waals surface area contributed by atoms with Gasteiger partial charge in [-0.2, -0.15) is 0 Å². The van der Waals surface area contributed by atoms with Gasteiger partial charge in [0.05, 0.1) is 16.3 Å². The van der Waals surface area contributed by atoms with Gasteiger partial charge in [-0.25, -0.2) is 4.79 Å². The summed E-state index contributed by atoms with van der Waals surface area (Å²) >= 11 is 0. The molecule has 5 amide bonds. The number of carbonyl (C=O) groups is 4. The number of hydrogen-bond donors (Lipinski definition) is 3. The lowest BCUT2D eigenvalue weighted by Gasteiger charge is -2.15. The summed E-state index contributed by atoms with van der Waals surface area (Å²) in [6.07, 6.45) is 3.08. The number of fused-ring (bicyclic) bond motifs is 1. The van der Waals surface area contributed by atoms with Crippen LogP contribution in [0.1, 0.15) is 41.5 Å². The SMILES string of the molecule is CC(=O)NCCCc1ccc(C(=Nc2ccc(C=C3C(=O)NC(=O)N3C)cc2)C2C(=O)Nc3ccc([N+](=O)[O-])cc32)cc1. The molecule has 1 atom stereocenters. The number of amides is 5. The third kappa shape index (κ3) is 6.32. The number of anilines is 1. The molecule has 0 aromatic heterocycles. The van der Waals surface area contributed by atoms with Crippen LogP contribution >= 0.6 is 0 Å². The van der Waals surface area contributed by atoms with Crippen molar-refractivity contribution < 1.29 is 24.1 Å². The number of hydrogen-bond acceptors (Lipinski definition) is 7. The highest BCUT2D eigenvalue weighted by Crippen LogP contribution is 2.38. The van der Waals surface area contributed by atoms with E-state index in [9.17, 15) is 29.3 Å². The van der Waals surface area contributed by atoms with Gasteiger partial charge >= 0.3 is 6.03 Å². The van der Waals surface area contributed by atoms with Gasteiger partial charge in [-0.1, -0.05) is 36.4 Å². The summed E-state index contributed by atoms with van der Waals surface area (Å²) in [7, 11) is 1.50. The summed E-state index contributed by atoms with van der Waals surface area (Å²) in [6.45, 7) is 2.03. The maximum atomic E-state index is 13.3. The minimum Gasteiger partial charge on any atom is -0.356 e. The van der Waals surface area contributed by atoms with Crippen molar-refractivity contribution in [3.63, 3.8) is 0 Å². The standard InChI is InChI=1S/C31H28N6O6/c1-18(38)32-15-3-4-19-5-9-21(10-6-19)28(27-24-17-23(37(42)43)13-14-25(24)34-30(27)40)33-22-11-7-20(8-12-22)16-26-29(39)35-31(41)36(26)2/h5-14,16-17,27H,3-4,15H2,1-2H3,(H,32,38)(H,34,40)(H,35,39,41). The molecule has 0 aliphatic carbocycles. The first-order valence-electron chi connectivity index (χ1n) is 13.5. The number of aryl methyl sites for hydroxylation is 1. The van der Waals surface area contributed by atoms with Crippen LogP contribution in [-0.2, 0) is 20.8 Å². The highest BCUT2D eigenvalue weighted by molar-refractivity contribution is 6.24. The molecule has 0 spiro atoms. The number of nitro groups is 1. The predicted molar refractivity (Wildman–Crippen MR) is 160 cm³/mol. The van der Waals surface area contributed by atoms with Crippen molar-refractivity contribution in [2.75, 3.05) is 18.9 Å².